The highest BCUT2D eigenvalue weighted by atomic mass is 19.4. The molecular weight excluding hydrogens is 493 g/mol. The van der Waals surface area contributed by atoms with Crippen LogP contribution in [0.1, 0.15) is 21.5 Å². The van der Waals surface area contributed by atoms with Crippen LogP contribution in [0.5, 0.6) is 5.75 Å². The molecule has 0 saturated heterocycles. The molecule has 0 aliphatic heterocycles. The first-order valence-corrected chi connectivity index (χ1v) is 9.66. The number of halogens is 9. The highest BCUT2D eigenvalue weighted by Gasteiger charge is 2.38. The van der Waals surface area contributed by atoms with E-state index < -0.39 is 59.2 Å². The monoisotopic (exact) mass is 507 g/mol. The predicted octanol–water partition coefficient (Wildman–Crippen LogP) is 6.93. The third kappa shape index (κ3) is 6.46. The summed E-state index contributed by atoms with van der Waals surface area (Å²) < 4.78 is 123. The van der Waals surface area contributed by atoms with Gasteiger partial charge in [-0.2, -0.15) is 22.0 Å². The van der Waals surface area contributed by atoms with E-state index in [1.807, 2.05) is 0 Å². The average molecular weight is 507 g/mol. The van der Waals surface area contributed by atoms with Gasteiger partial charge in [0.1, 0.15) is 11.6 Å². The van der Waals surface area contributed by atoms with Gasteiger partial charge in [0.05, 0.1) is 23.2 Å². The summed E-state index contributed by atoms with van der Waals surface area (Å²) in [5.74, 6) is -7.34. The number of alkyl halides is 8. The van der Waals surface area contributed by atoms with E-state index in [1.54, 1.807) is 5.32 Å². The lowest BCUT2D eigenvalue weighted by Crippen LogP contribution is -2.36. The Morgan fingerprint density at radius 1 is 0.771 bits per heavy atom. The minimum absolute atomic E-state index is 0.0590. The normalized spacial score (nSPS) is 12.4. The Bertz CT molecular complexity index is 1200. The second-order valence-electron chi connectivity index (χ2n) is 7.20. The van der Waals surface area contributed by atoms with Crippen molar-refractivity contribution in [2.75, 3.05) is 6.54 Å². The molecule has 12 heteroatoms. The number of benzene rings is 3. The molecule has 3 aromatic carbocycles. The number of hydrogen-bond acceptors (Lipinski definition) is 2. The summed E-state index contributed by atoms with van der Waals surface area (Å²) in [6.45, 7) is -1.49. The van der Waals surface area contributed by atoms with Crippen LogP contribution in [0.4, 0.5) is 39.5 Å². The first-order valence-electron chi connectivity index (χ1n) is 9.66. The molecule has 1 amide bonds. The van der Waals surface area contributed by atoms with Crippen molar-refractivity contribution in [1.82, 2.24) is 5.32 Å². The van der Waals surface area contributed by atoms with Gasteiger partial charge in [-0.1, -0.05) is 30.3 Å². The Labute approximate surface area is 192 Å². The second kappa shape index (κ2) is 9.51. The summed E-state index contributed by atoms with van der Waals surface area (Å²) in [5, 5.41) is 1.69. The predicted molar refractivity (Wildman–Crippen MR) is 106 cm³/mol. The van der Waals surface area contributed by atoms with Gasteiger partial charge in [0.25, 0.3) is 11.8 Å². The first kappa shape index (κ1) is 25.9. The fourth-order valence-corrected chi connectivity index (χ4v) is 3.15. The van der Waals surface area contributed by atoms with E-state index in [0.717, 1.165) is 48.5 Å². The molecule has 0 saturated carbocycles. The molecule has 1 N–H and O–H groups in total. The molecule has 0 spiro atoms. The maximum atomic E-state index is 14.6. The Kier molecular flexibility index (Phi) is 7.04. The van der Waals surface area contributed by atoms with Gasteiger partial charge in [-0.15, -0.1) is 13.2 Å². The van der Waals surface area contributed by atoms with Crippen molar-refractivity contribution in [3.8, 4) is 16.9 Å². The van der Waals surface area contributed by atoms with E-state index in [1.165, 1.54) is 0 Å². The molecule has 186 valence electrons. The highest BCUT2D eigenvalue weighted by Crippen LogP contribution is 2.34. The molecule has 0 bridgehead atoms. The third-order valence-corrected chi connectivity index (χ3v) is 4.73. The lowest BCUT2D eigenvalue weighted by atomic mass is 10.00. The Balaban J connectivity index is 1.75. The minimum atomic E-state index is -4.91. The van der Waals surface area contributed by atoms with E-state index in [4.69, 9.17) is 0 Å². The maximum absolute atomic E-state index is 14.6. The molecule has 0 aromatic heterocycles. The van der Waals surface area contributed by atoms with Crippen LogP contribution in [-0.2, 0) is 12.1 Å². The van der Waals surface area contributed by atoms with E-state index in [-0.39, 0.29) is 11.1 Å². The van der Waals surface area contributed by atoms with Crippen molar-refractivity contribution in [2.24, 2.45) is 0 Å². The van der Waals surface area contributed by atoms with E-state index in [9.17, 15) is 44.3 Å². The molecule has 0 radical (unpaired) electrons. The fraction of sp³-hybridized carbons (Fsp3) is 0.174. The van der Waals surface area contributed by atoms with Crippen molar-refractivity contribution in [1.29, 1.82) is 0 Å². The van der Waals surface area contributed by atoms with Crippen molar-refractivity contribution in [2.45, 2.75) is 18.5 Å². The van der Waals surface area contributed by atoms with Gasteiger partial charge in [-0.05, 0) is 47.5 Å². The molecule has 0 heterocycles. The van der Waals surface area contributed by atoms with Crippen LogP contribution in [-0.4, -0.2) is 18.8 Å². The summed E-state index contributed by atoms with van der Waals surface area (Å²) in [6.07, 6.45) is -9.80. The number of carbonyl (C=O) groups is 1. The molecule has 0 unspecified atom stereocenters. The Morgan fingerprint density at radius 3 is 1.94 bits per heavy atom. The number of hydrogen-bond donors (Lipinski definition) is 1. The topological polar surface area (TPSA) is 38.3 Å². The molecule has 0 atom stereocenters. The molecule has 35 heavy (non-hydrogen) atoms. The van der Waals surface area contributed by atoms with Gasteiger partial charge in [-0.3, -0.25) is 4.79 Å². The third-order valence-electron chi connectivity index (χ3n) is 4.73. The molecule has 0 aliphatic rings. The highest BCUT2D eigenvalue weighted by molar-refractivity contribution is 5.95. The molecule has 3 aromatic rings. The van der Waals surface area contributed by atoms with Crippen molar-refractivity contribution >= 4 is 5.91 Å². The zero-order chi connectivity index (χ0) is 26.0. The average Bonchev–Trinajstić information content (AvgIpc) is 2.76. The summed E-state index contributed by atoms with van der Waals surface area (Å²) in [4.78, 5) is 12.1. The minimum Gasteiger partial charge on any atom is -0.406 e. The fourth-order valence-electron chi connectivity index (χ4n) is 3.15. The van der Waals surface area contributed by atoms with Crippen LogP contribution in [0.15, 0.2) is 66.7 Å². The largest absolute Gasteiger partial charge is 0.573 e. The van der Waals surface area contributed by atoms with Gasteiger partial charge >= 0.3 is 12.5 Å². The lowest BCUT2D eigenvalue weighted by Gasteiger charge is -2.19. The van der Waals surface area contributed by atoms with E-state index >= 15 is 0 Å². The zero-order valence-electron chi connectivity index (χ0n) is 17.3. The number of rotatable bonds is 6. The number of nitrogens with one attached hydrogen (secondary N) is 1. The summed E-state index contributed by atoms with van der Waals surface area (Å²) in [6, 6.07) is 10.3. The summed E-state index contributed by atoms with van der Waals surface area (Å²) in [5.41, 5.74) is -3.07. The van der Waals surface area contributed by atoms with E-state index in [0.29, 0.717) is 18.2 Å². The summed E-state index contributed by atoms with van der Waals surface area (Å²) >= 11 is 0. The molecule has 3 rings (SSSR count). The Morgan fingerprint density at radius 2 is 1.37 bits per heavy atom. The van der Waals surface area contributed by atoms with Gasteiger partial charge in [0.15, 0.2) is 0 Å². The molecule has 3 nitrogen and oxygen atoms in total. The number of amides is 1. The van der Waals surface area contributed by atoms with Gasteiger partial charge in [-0.25, -0.2) is 4.39 Å². The standard InChI is InChI=1S/C23H14F9NO2/c24-19-11-14(13-5-8-15(9-6-13)35-23(30,31)32)7-10-18(19)21(25,26)12-33-20(34)16-3-1-2-4-17(16)22(27,28)29/h1-11H,12H2,(H,33,34). The molecule has 0 aliphatic carbocycles. The molecule has 0 fully saturated rings. The lowest BCUT2D eigenvalue weighted by molar-refractivity contribution is -0.274. The van der Waals surface area contributed by atoms with Crippen LogP contribution in [0, 0.1) is 5.82 Å². The van der Waals surface area contributed by atoms with Crippen molar-refractivity contribution in [3.63, 3.8) is 0 Å². The van der Waals surface area contributed by atoms with Crippen molar-refractivity contribution in [3.05, 3.63) is 89.2 Å². The number of ether oxygens (including phenoxy) is 1. The van der Waals surface area contributed by atoms with Crippen molar-refractivity contribution < 1.29 is 49.0 Å². The van der Waals surface area contributed by atoms with E-state index in [2.05, 4.69) is 4.74 Å². The first-order chi connectivity index (χ1) is 16.2. The van der Waals surface area contributed by atoms with Crippen LogP contribution in [0.3, 0.4) is 0 Å². The van der Waals surface area contributed by atoms with Crippen LogP contribution >= 0.6 is 0 Å². The maximum Gasteiger partial charge on any atom is 0.573 e. The Hall–Kier alpha value is -3.70. The van der Waals surface area contributed by atoms with Gasteiger partial charge in [0.2, 0.25) is 0 Å². The van der Waals surface area contributed by atoms with Crippen LogP contribution in [0.25, 0.3) is 11.1 Å². The quantitative estimate of drug-likeness (QED) is 0.368. The molecular formula is C23H14F9NO2. The number of carbonyl (C=O) groups excluding carboxylic acids is 1. The van der Waals surface area contributed by atoms with Gasteiger partial charge < -0.3 is 10.1 Å². The zero-order valence-corrected chi connectivity index (χ0v) is 17.3. The van der Waals surface area contributed by atoms with Crippen LogP contribution in [0.2, 0.25) is 0 Å². The van der Waals surface area contributed by atoms with Crippen LogP contribution < -0.4 is 10.1 Å². The SMILES string of the molecule is O=C(NCC(F)(F)c1ccc(-c2ccc(OC(F)(F)F)cc2)cc1F)c1ccccc1C(F)(F)F. The summed E-state index contributed by atoms with van der Waals surface area (Å²) in [7, 11) is 0. The second-order valence-corrected chi connectivity index (χ2v) is 7.20. The van der Waals surface area contributed by atoms with Gasteiger partial charge in [0, 0.05) is 0 Å². The smallest absolute Gasteiger partial charge is 0.406 e.